The van der Waals surface area contributed by atoms with E-state index in [0.717, 1.165) is 18.5 Å². The summed E-state index contributed by atoms with van der Waals surface area (Å²) in [5, 5.41) is 0. The number of nitrogens with zero attached hydrogens (tertiary/aromatic N) is 1. The first-order valence-corrected chi connectivity index (χ1v) is 6.20. The van der Waals surface area contributed by atoms with Gasteiger partial charge in [-0.3, -0.25) is 4.90 Å². The smallest absolute Gasteiger partial charge is 0.0334 e. The zero-order valence-corrected chi connectivity index (χ0v) is 9.63. The third kappa shape index (κ3) is 1.40. The van der Waals surface area contributed by atoms with Gasteiger partial charge in [-0.15, -0.1) is 0 Å². The van der Waals surface area contributed by atoms with Crippen LogP contribution in [0.15, 0.2) is 0 Å². The highest BCUT2D eigenvalue weighted by Gasteiger charge is 2.47. The minimum absolute atomic E-state index is 0.408. The highest BCUT2D eigenvalue weighted by atomic mass is 15.3. The van der Waals surface area contributed by atoms with E-state index in [-0.39, 0.29) is 0 Å². The first-order chi connectivity index (χ1) is 6.73. The minimum atomic E-state index is 0.408. The van der Waals surface area contributed by atoms with Gasteiger partial charge in [0.2, 0.25) is 0 Å². The van der Waals surface area contributed by atoms with Gasteiger partial charge in [-0.25, -0.2) is 0 Å². The second kappa shape index (κ2) is 3.82. The van der Waals surface area contributed by atoms with Crippen LogP contribution in [0.2, 0.25) is 0 Å². The SMILES string of the molecule is CCC1C(C)CCN1C1(CN)CCC1. The number of hydrogen-bond donors (Lipinski definition) is 1. The fraction of sp³-hybridized carbons (Fsp3) is 1.00. The van der Waals surface area contributed by atoms with Gasteiger partial charge in [-0.1, -0.05) is 13.8 Å². The Morgan fingerprint density at radius 1 is 1.43 bits per heavy atom. The van der Waals surface area contributed by atoms with Gasteiger partial charge in [0.05, 0.1) is 0 Å². The topological polar surface area (TPSA) is 29.3 Å². The van der Waals surface area contributed by atoms with Crippen LogP contribution in [-0.4, -0.2) is 29.6 Å². The average Bonchev–Trinajstić information content (AvgIpc) is 2.47. The predicted molar refractivity (Wildman–Crippen MR) is 60.2 cm³/mol. The van der Waals surface area contributed by atoms with E-state index in [1.807, 2.05) is 0 Å². The van der Waals surface area contributed by atoms with Gasteiger partial charge in [0, 0.05) is 18.1 Å². The largest absolute Gasteiger partial charge is 0.329 e. The molecule has 1 saturated heterocycles. The second-order valence-corrected chi connectivity index (χ2v) is 5.22. The summed E-state index contributed by atoms with van der Waals surface area (Å²) in [5.41, 5.74) is 6.38. The molecule has 1 saturated carbocycles. The molecule has 2 fully saturated rings. The van der Waals surface area contributed by atoms with Crippen molar-refractivity contribution in [2.45, 2.75) is 57.5 Å². The monoisotopic (exact) mass is 196 g/mol. The standard InChI is InChI=1S/C12H24N2/c1-3-11-10(2)5-8-14(11)12(9-13)6-4-7-12/h10-11H,3-9,13H2,1-2H3. The van der Waals surface area contributed by atoms with E-state index in [0.29, 0.717) is 5.54 Å². The van der Waals surface area contributed by atoms with E-state index in [4.69, 9.17) is 5.73 Å². The Hall–Kier alpha value is -0.0800. The van der Waals surface area contributed by atoms with E-state index in [1.54, 1.807) is 0 Å². The third-order valence-electron chi connectivity index (χ3n) is 4.57. The predicted octanol–water partition coefficient (Wildman–Crippen LogP) is 1.99. The summed E-state index contributed by atoms with van der Waals surface area (Å²) >= 11 is 0. The summed E-state index contributed by atoms with van der Waals surface area (Å²) in [5.74, 6) is 0.879. The van der Waals surface area contributed by atoms with Crippen molar-refractivity contribution < 1.29 is 0 Å². The number of nitrogens with two attached hydrogens (primary N) is 1. The summed E-state index contributed by atoms with van der Waals surface area (Å²) in [4.78, 5) is 2.74. The molecule has 2 rings (SSSR count). The van der Waals surface area contributed by atoms with Gasteiger partial charge in [-0.2, -0.15) is 0 Å². The molecule has 0 aromatic heterocycles. The summed E-state index contributed by atoms with van der Waals surface area (Å²) in [6.07, 6.45) is 6.74. The Morgan fingerprint density at radius 2 is 2.14 bits per heavy atom. The Balaban J connectivity index is 2.09. The van der Waals surface area contributed by atoms with Gasteiger partial charge in [0.15, 0.2) is 0 Å². The van der Waals surface area contributed by atoms with Crippen LogP contribution in [0.25, 0.3) is 0 Å². The Labute approximate surface area is 87.8 Å². The molecule has 0 spiro atoms. The molecule has 2 heteroatoms. The maximum absolute atomic E-state index is 5.97. The normalized spacial score (nSPS) is 37.1. The molecule has 2 N–H and O–H groups in total. The van der Waals surface area contributed by atoms with E-state index in [9.17, 15) is 0 Å². The number of likely N-dealkylation sites (tertiary alicyclic amines) is 1. The van der Waals surface area contributed by atoms with Crippen LogP contribution in [0, 0.1) is 5.92 Å². The van der Waals surface area contributed by atoms with Gasteiger partial charge in [0.1, 0.15) is 0 Å². The average molecular weight is 196 g/mol. The van der Waals surface area contributed by atoms with Crippen LogP contribution in [0.5, 0.6) is 0 Å². The Kier molecular flexibility index (Phi) is 2.85. The van der Waals surface area contributed by atoms with Crippen LogP contribution in [0.4, 0.5) is 0 Å². The fourth-order valence-electron chi connectivity index (χ4n) is 3.41. The second-order valence-electron chi connectivity index (χ2n) is 5.22. The quantitative estimate of drug-likeness (QED) is 0.748. The highest BCUT2D eigenvalue weighted by molar-refractivity contribution is 5.03. The lowest BCUT2D eigenvalue weighted by molar-refractivity contribution is 0.00592. The lowest BCUT2D eigenvalue weighted by Gasteiger charge is -2.51. The molecule has 0 amide bonds. The molecule has 2 atom stereocenters. The van der Waals surface area contributed by atoms with Gasteiger partial charge in [0.25, 0.3) is 0 Å². The lowest BCUT2D eigenvalue weighted by Crippen LogP contribution is -2.60. The molecule has 0 radical (unpaired) electrons. The highest BCUT2D eigenvalue weighted by Crippen LogP contribution is 2.43. The van der Waals surface area contributed by atoms with Crippen molar-refractivity contribution in [1.82, 2.24) is 4.90 Å². The van der Waals surface area contributed by atoms with Crippen LogP contribution in [0.1, 0.15) is 46.0 Å². The molecule has 1 aliphatic carbocycles. The van der Waals surface area contributed by atoms with Crippen molar-refractivity contribution in [2.24, 2.45) is 11.7 Å². The van der Waals surface area contributed by atoms with Gasteiger partial charge >= 0.3 is 0 Å². The zero-order valence-electron chi connectivity index (χ0n) is 9.63. The van der Waals surface area contributed by atoms with E-state index < -0.39 is 0 Å². The molecule has 1 aliphatic heterocycles. The first-order valence-electron chi connectivity index (χ1n) is 6.20. The molecule has 2 nitrogen and oxygen atoms in total. The van der Waals surface area contributed by atoms with Crippen molar-refractivity contribution in [3.63, 3.8) is 0 Å². The number of rotatable bonds is 3. The molecule has 0 aromatic rings. The minimum Gasteiger partial charge on any atom is -0.329 e. The van der Waals surface area contributed by atoms with Crippen molar-refractivity contribution in [2.75, 3.05) is 13.1 Å². The maximum Gasteiger partial charge on any atom is 0.0334 e. The summed E-state index contributed by atoms with van der Waals surface area (Å²) in [6, 6.07) is 0.804. The van der Waals surface area contributed by atoms with E-state index >= 15 is 0 Å². The third-order valence-corrected chi connectivity index (χ3v) is 4.57. The molecular formula is C12H24N2. The summed E-state index contributed by atoms with van der Waals surface area (Å²) < 4.78 is 0. The van der Waals surface area contributed by atoms with Crippen molar-refractivity contribution in [3.05, 3.63) is 0 Å². The Bertz CT molecular complexity index is 193. The lowest BCUT2D eigenvalue weighted by atomic mass is 9.74. The van der Waals surface area contributed by atoms with Gasteiger partial charge in [-0.05, 0) is 44.6 Å². The summed E-state index contributed by atoms with van der Waals surface area (Å²) in [7, 11) is 0. The first kappa shape index (κ1) is 10.4. The van der Waals surface area contributed by atoms with Crippen molar-refractivity contribution in [1.29, 1.82) is 0 Å². The van der Waals surface area contributed by atoms with Crippen LogP contribution >= 0.6 is 0 Å². The molecule has 0 aromatic carbocycles. The maximum atomic E-state index is 5.97. The molecule has 82 valence electrons. The van der Waals surface area contributed by atoms with E-state index in [2.05, 4.69) is 18.7 Å². The van der Waals surface area contributed by atoms with Crippen LogP contribution < -0.4 is 5.73 Å². The van der Waals surface area contributed by atoms with Crippen molar-refractivity contribution in [3.8, 4) is 0 Å². The van der Waals surface area contributed by atoms with Crippen LogP contribution in [-0.2, 0) is 0 Å². The van der Waals surface area contributed by atoms with Crippen molar-refractivity contribution >= 4 is 0 Å². The molecule has 1 heterocycles. The molecule has 2 aliphatic rings. The van der Waals surface area contributed by atoms with Gasteiger partial charge < -0.3 is 5.73 Å². The molecule has 14 heavy (non-hydrogen) atoms. The number of hydrogen-bond acceptors (Lipinski definition) is 2. The fourth-order valence-corrected chi connectivity index (χ4v) is 3.41. The molecular weight excluding hydrogens is 172 g/mol. The molecule has 0 bridgehead atoms. The molecule has 2 unspecified atom stereocenters. The van der Waals surface area contributed by atoms with E-state index in [1.165, 1.54) is 38.6 Å². The summed E-state index contributed by atoms with van der Waals surface area (Å²) in [6.45, 7) is 6.88. The Morgan fingerprint density at radius 3 is 2.57 bits per heavy atom. The zero-order chi connectivity index (χ0) is 10.2. The van der Waals surface area contributed by atoms with Crippen LogP contribution in [0.3, 0.4) is 0 Å².